The van der Waals surface area contributed by atoms with Gasteiger partial charge in [0.05, 0.1) is 11.7 Å². The fraction of sp³-hybridized carbons (Fsp3) is 0.538. The highest BCUT2D eigenvalue weighted by Gasteiger charge is 2.23. The number of aryl methyl sites for hydroxylation is 3. The molecule has 0 radical (unpaired) electrons. The third-order valence-electron chi connectivity index (χ3n) is 3.23. The Labute approximate surface area is 117 Å². The van der Waals surface area contributed by atoms with Gasteiger partial charge in [-0.3, -0.25) is 4.79 Å². The van der Waals surface area contributed by atoms with Gasteiger partial charge in [-0.1, -0.05) is 12.1 Å². The lowest BCUT2D eigenvalue weighted by molar-refractivity contribution is 0.0930. The van der Waals surface area contributed by atoms with E-state index in [1.807, 2.05) is 13.8 Å². The van der Waals surface area contributed by atoms with Crippen molar-refractivity contribution < 1.29 is 9.32 Å². The highest BCUT2D eigenvalue weighted by Crippen LogP contribution is 2.17. The molecule has 2 heterocycles. The lowest BCUT2D eigenvalue weighted by Crippen LogP contribution is -2.31. The van der Waals surface area contributed by atoms with Crippen LogP contribution in [0.1, 0.15) is 53.9 Å². The molecule has 0 aliphatic heterocycles. The second kappa shape index (κ2) is 5.85. The smallest absolute Gasteiger partial charge is 0.257 e. The number of carbonyl (C=O) groups is 1. The van der Waals surface area contributed by atoms with Gasteiger partial charge in [-0.15, -0.1) is 0 Å². The maximum absolute atomic E-state index is 12.3. The number of aromatic nitrogens is 4. The summed E-state index contributed by atoms with van der Waals surface area (Å²) in [4.78, 5) is 16.6. The summed E-state index contributed by atoms with van der Waals surface area (Å²) in [5.41, 5.74) is 1.08. The molecule has 0 fully saturated rings. The molecule has 2 rings (SSSR count). The van der Waals surface area contributed by atoms with Gasteiger partial charge >= 0.3 is 0 Å². The summed E-state index contributed by atoms with van der Waals surface area (Å²) in [6.45, 7) is 8.17. The second-order valence-electron chi connectivity index (χ2n) is 4.57. The molecule has 2 aromatic rings. The fourth-order valence-corrected chi connectivity index (χ4v) is 2.17. The average Bonchev–Trinajstić information content (AvgIpc) is 3.02. The van der Waals surface area contributed by atoms with Crippen molar-refractivity contribution in [3.05, 3.63) is 29.2 Å². The second-order valence-corrected chi connectivity index (χ2v) is 4.57. The van der Waals surface area contributed by atoms with E-state index in [0.717, 1.165) is 12.2 Å². The van der Waals surface area contributed by atoms with Crippen LogP contribution in [-0.4, -0.2) is 25.8 Å². The van der Waals surface area contributed by atoms with Crippen molar-refractivity contribution in [3.8, 4) is 0 Å². The Morgan fingerprint density at radius 3 is 2.75 bits per heavy atom. The lowest BCUT2D eigenvalue weighted by atomic mass is 10.1. The number of amides is 1. The first-order chi connectivity index (χ1) is 9.58. The van der Waals surface area contributed by atoms with Crippen molar-refractivity contribution in [2.24, 2.45) is 0 Å². The summed E-state index contributed by atoms with van der Waals surface area (Å²) < 4.78 is 6.80. The van der Waals surface area contributed by atoms with E-state index in [1.54, 1.807) is 18.5 Å². The van der Waals surface area contributed by atoms with Crippen LogP contribution < -0.4 is 5.32 Å². The van der Waals surface area contributed by atoms with Crippen LogP contribution >= 0.6 is 0 Å². The summed E-state index contributed by atoms with van der Waals surface area (Å²) >= 11 is 0. The maximum Gasteiger partial charge on any atom is 0.257 e. The third kappa shape index (κ3) is 2.56. The van der Waals surface area contributed by atoms with Crippen LogP contribution in [0.5, 0.6) is 0 Å². The molecule has 108 valence electrons. The van der Waals surface area contributed by atoms with Crippen molar-refractivity contribution in [2.45, 2.75) is 46.7 Å². The molecule has 2 aromatic heterocycles. The molecule has 7 heteroatoms. The molecule has 0 saturated heterocycles. The summed E-state index contributed by atoms with van der Waals surface area (Å²) in [5, 5.41) is 10.9. The van der Waals surface area contributed by atoms with Gasteiger partial charge in [0.15, 0.2) is 0 Å². The van der Waals surface area contributed by atoms with Crippen LogP contribution in [0.4, 0.5) is 0 Å². The predicted octanol–water partition coefficient (Wildman–Crippen LogP) is 1.78. The highest BCUT2D eigenvalue weighted by atomic mass is 16.5. The SMILES string of the molecule is CCC(NC(=O)c1c(C)noc1C)c1ncnn1CC. The zero-order valence-corrected chi connectivity index (χ0v) is 12.2. The minimum absolute atomic E-state index is 0.182. The standard InChI is InChI=1S/C13H19N5O2/c1-5-10(12-14-7-15-18(12)6-2)16-13(19)11-8(3)17-20-9(11)4/h7,10H,5-6H2,1-4H3,(H,16,19). The molecule has 0 aliphatic rings. The van der Waals surface area contributed by atoms with Gasteiger partial charge in [0.25, 0.3) is 5.91 Å². The summed E-state index contributed by atoms with van der Waals surface area (Å²) in [6, 6.07) is -0.182. The van der Waals surface area contributed by atoms with Crippen molar-refractivity contribution in [1.29, 1.82) is 0 Å². The average molecular weight is 277 g/mol. The van der Waals surface area contributed by atoms with E-state index < -0.39 is 0 Å². The Bertz CT molecular complexity index is 582. The van der Waals surface area contributed by atoms with Gasteiger partial charge in [0.2, 0.25) is 0 Å². The van der Waals surface area contributed by atoms with Crippen LogP contribution in [0.3, 0.4) is 0 Å². The molecule has 0 bridgehead atoms. The van der Waals surface area contributed by atoms with Gasteiger partial charge in [0.1, 0.15) is 23.5 Å². The Balaban J connectivity index is 2.21. The van der Waals surface area contributed by atoms with Crippen LogP contribution in [0.2, 0.25) is 0 Å². The normalized spacial score (nSPS) is 12.4. The zero-order chi connectivity index (χ0) is 14.7. The molecular formula is C13H19N5O2. The van der Waals surface area contributed by atoms with E-state index in [-0.39, 0.29) is 11.9 Å². The maximum atomic E-state index is 12.3. The van der Waals surface area contributed by atoms with Gasteiger partial charge in [-0.2, -0.15) is 5.10 Å². The summed E-state index contributed by atoms with van der Waals surface area (Å²) in [5.74, 6) is 1.08. The molecular weight excluding hydrogens is 258 g/mol. The van der Waals surface area contributed by atoms with Crippen molar-refractivity contribution >= 4 is 5.91 Å². The van der Waals surface area contributed by atoms with Crippen molar-refractivity contribution in [2.75, 3.05) is 0 Å². The van der Waals surface area contributed by atoms with E-state index in [9.17, 15) is 4.79 Å². The van der Waals surface area contributed by atoms with Crippen LogP contribution in [-0.2, 0) is 6.54 Å². The Hall–Kier alpha value is -2.18. The minimum Gasteiger partial charge on any atom is -0.361 e. The molecule has 20 heavy (non-hydrogen) atoms. The molecule has 0 aliphatic carbocycles. The quantitative estimate of drug-likeness (QED) is 0.900. The lowest BCUT2D eigenvalue weighted by Gasteiger charge is -2.16. The summed E-state index contributed by atoms with van der Waals surface area (Å²) in [6.07, 6.45) is 2.23. The molecule has 0 saturated carbocycles. The van der Waals surface area contributed by atoms with Crippen molar-refractivity contribution in [3.63, 3.8) is 0 Å². The van der Waals surface area contributed by atoms with Crippen LogP contribution in [0, 0.1) is 13.8 Å². The number of nitrogens with zero attached hydrogens (tertiary/aromatic N) is 4. The molecule has 7 nitrogen and oxygen atoms in total. The fourth-order valence-electron chi connectivity index (χ4n) is 2.17. The molecule has 1 N–H and O–H groups in total. The predicted molar refractivity (Wildman–Crippen MR) is 72.2 cm³/mol. The molecule has 1 unspecified atom stereocenters. The van der Waals surface area contributed by atoms with E-state index in [4.69, 9.17) is 4.52 Å². The number of carbonyl (C=O) groups excluding carboxylic acids is 1. The van der Waals surface area contributed by atoms with E-state index in [0.29, 0.717) is 23.6 Å². The molecule has 1 amide bonds. The van der Waals surface area contributed by atoms with Gasteiger partial charge < -0.3 is 9.84 Å². The Morgan fingerprint density at radius 2 is 2.20 bits per heavy atom. The largest absolute Gasteiger partial charge is 0.361 e. The first-order valence-electron chi connectivity index (χ1n) is 6.69. The first-order valence-corrected chi connectivity index (χ1v) is 6.69. The van der Waals surface area contributed by atoms with Gasteiger partial charge in [-0.05, 0) is 27.2 Å². The number of hydrogen-bond donors (Lipinski definition) is 1. The Morgan fingerprint density at radius 1 is 1.45 bits per heavy atom. The minimum atomic E-state index is -0.196. The monoisotopic (exact) mass is 277 g/mol. The zero-order valence-electron chi connectivity index (χ0n) is 12.2. The number of hydrogen-bond acceptors (Lipinski definition) is 5. The highest BCUT2D eigenvalue weighted by molar-refractivity contribution is 5.96. The van der Waals surface area contributed by atoms with Gasteiger partial charge in [-0.25, -0.2) is 9.67 Å². The van der Waals surface area contributed by atoms with E-state index in [2.05, 4.69) is 20.6 Å². The topological polar surface area (TPSA) is 85.8 Å². The first kappa shape index (κ1) is 14.2. The summed E-state index contributed by atoms with van der Waals surface area (Å²) in [7, 11) is 0. The third-order valence-corrected chi connectivity index (χ3v) is 3.23. The van der Waals surface area contributed by atoms with Crippen LogP contribution in [0.15, 0.2) is 10.9 Å². The number of nitrogens with one attached hydrogen (secondary N) is 1. The molecule has 1 atom stereocenters. The van der Waals surface area contributed by atoms with E-state index >= 15 is 0 Å². The van der Waals surface area contributed by atoms with Gasteiger partial charge in [0, 0.05) is 6.54 Å². The number of rotatable bonds is 5. The molecule has 0 aromatic carbocycles. The van der Waals surface area contributed by atoms with Crippen LogP contribution in [0.25, 0.3) is 0 Å². The van der Waals surface area contributed by atoms with Crippen molar-refractivity contribution in [1.82, 2.24) is 25.2 Å². The Kier molecular flexibility index (Phi) is 4.16. The van der Waals surface area contributed by atoms with E-state index in [1.165, 1.54) is 6.33 Å². The molecule has 0 spiro atoms.